The number of carbonyl (C=O) groups is 1. The summed E-state index contributed by atoms with van der Waals surface area (Å²) >= 11 is 0. The molecule has 0 aliphatic carbocycles. The lowest BCUT2D eigenvalue weighted by atomic mass is 10.3. The molecule has 1 rings (SSSR count). The van der Waals surface area contributed by atoms with Crippen molar-refractivity contribution >= 4 is 11.8 Å². The summed E-state index contributed by atoms with van der Waals surface area (Å²) in [7, 11) is 0. The van der Waals surface area contributed by atoms with Gasteiger partial charge in [-0.1, -0.05) is 0 Å². The molecular weight excluding hydrogens is 192 g/mol. The number of rotatable bonds is 2. The number of nitrogens with zero attached hydrogens (tertiary/aromatic N) is 1. The Kier molecular flexibility index (Phi) is 2.52. The molecular formula is C7H6N2O5. The number of primary amides is 1. The number of hydrogen-bond donors (Lipinski definition) is 2. The van der Waals surface area contributed by atoms with Gasteiger partial charge in [0, 0.05) is 0 Å². The molecule has 74 valence electrons. The zero-order chi connectivity index (χ0) is 10.7. The van der Waals surface area contributed by atoms with Crippen molar-refractivity contribution in [3.63, 3.8) is 0 Å². The second-order valence-electron chi connectivity index (χ2n) is 2.33. The topological polar surface area (TPSA) is 116 Å². The van der Waals surface area contributed by atoms with Gasteiger partial charge in [0.05, 0.1) is 11.0 Å². The zero-order valence-electron chi connectivity index (χ0n) is 6.84. The van der Waals surface area contributed by atoms with E-state index in [1.807, 2.05) is 0 Å². The normalized spacial score (nSPS) is 9.43. The highest BCUT2D eigenvalue weighted by Gasteiger charge is 2.14. The molecule has 0 unspecified atom stereocenters. The van der Waals surface area contributed by atoms with Crippen LogP contribution in [0.25, 0.3) is 0 Å². The minimum atomic E-state index is -1.08. The number of carbonyl (C=O) groups excluding carboxylic acids is 1. The molecule has 1 aromatic carbocycles. The van der Waals surface area contributed by atoms with Crippen LogP contribution in [0.4, 0.5) is 10.5 Å². The van der Waals surface area contributed by atoms with Crippen LogP contribution in [0.3, 0.4) is 0 Å². The number of nitrogens with two attached hydrogens (primary N) is 1. The van der Waals surface area contributed by atoms with Gasteiger partial charge in [-0.2, -0.15) is 0 Å². The van der Waals surface area contributed by atoms with E-state index in [4.69, 9.17) is 10.8 Å². The van der Waals surface area contributed by atoms with Crippen LogP contribution in [-0.4, -0.2) is 16.1 Å². The molecule has 1 aromatic rings. The fourth-order valence-corrected chi connectivity index (χ4v) is 0.829. The molecule has 0 saturated carbocycles. The molecule has 0 bridgehead atoms. The highest BCUT2D eigenvalue weighted by Crippen LogP contribution is 2.29. The van der Waals surface area contributed by atoms with Gasteiger partial charge in [0.25, 0.3) is 0 Å². The van der Waals surface area contributed by atoms with E-state index < -0.39 is 22.5 Å². The number of aromatic hydroxyl groups is 1. The minimum Gasteiger partial charge on any atom is -0.502 e. The molecule has 0 radical (unpaired) electrons. The molecule has 0 aliphatic heterocycles. The Bertz CT molecular complexity index is 390. The van der Waals surface area contributed by atoms with Gasteiger partial charge in [0.2, 0.25) is 0 Å². The van der Waals surface area contributed by atoms with Gasteiger partial charge in [-0.3, -0.25) is 10.1 Å². The van der Waals surface area contributed by atoms with Crippen molar-refractivity contribution in [3.8, 4) is 11.5 Å². The predicted octanol–water partition coefficient (Wildman–Crippen LogP) is 0.758. The number of nitro benzene ring substituents is 1. The molecule has 0 fully saturated rings. The van der Waals surface area contributed by atoms with Crippen LogP contribution < -0.4 is 10.5 Å². The van der Waals surface area contributed by atoms with E-state index in [9.17, 15) is 14.9 Å². The highest BCUT2D eigenvalue weighted by molar-refractivity contribution is 5.68. The van der Waals surface area contributed by atoms with Crippen molar-refractivity contribution in [2.45, 2.75) is 0 Å². The number of benzene rings is 1. The third kappa shape index (κ3) is 2.09. The second-order valence-corrected chi connectivity index (χ2v) is 2.33. The Morgan fingerprint density at radius 1 is 1.57 bits per heavy atom. The number of nitro groups is 1. The quantitative estimate of drug-likeness (QED) is 0.537. The van der Waals surface area contributed by atoms with Gasteiger partial charge < -0.3 is 15.6 Å². The summed E-state index contributed by atoms with van der Waals surface area (Å²) in [6.07, 6.45) is -1.08. The van der Waals surface area contributed by atoms with Crippen molar-refractivity contribution < 1.29 is 19.6 Å². The molecule has 0 atom stereocenters. The van der Waals surface area contributed by atoms with Crippen LogP contribution in [0.1, 0.15) is 0 Å². The van der Waals surface area contributed by atoms with E-state index in [-0.39, 0.29) is 5.75 Å². The molecule has 0 aliphatic rings. The van der Waals surface area contributed by atoms with Gasteiger partial charge in [0.1, 0.15) is 5.75 Å². The number of hydrogen-bond acceptors (Lipinski definition) is 5. The van der Waals surface area contributed by atoms with Crippen molar-refractivity contribution in [1.29, 1.82) is 0 Å². The Morgan fingerprint density at radius 2 is 2.21 bits per heavy atom. The molecule has 1 amide bonds. The van der Waals surface area contributed by atoms with Crippen LogP contribution in [0.2, 0.25) is 0 Å². The SMILES string of the molecule is NC(=O)Oc1ccc(O)c([N+](=O)[O-])c1. The second kappa shape index (κ2) is 3.60. The molecule has 0 saturated heterocycles. The van der Waals surface area contributed by atoms with Crippen molar-refractivity contribution in [1.82, 2.24) is 0 Å². The van der Waals surface area contributed by atoms with Crippen molar-refractivity contribution in [2.75, 3.05) is 0 Å². The third-order valence-electron chi connectivity index (χ3n) is 1.36. The van der Waals surface area contributed by atoms with E-state index in [2.05, 4.69) is 4.74 Å². The Morgan fingerprint density at radius 3 is 2.71 bits per heavy atom. The van der Waals surface area contributed by atoms with Gasteiger partial charge in [-0.15, -0.1) is 0 Å². The van der Waals surface area contributed by atoms with Gasteiger partial charge in [-0.05, 0) is 12.1 Å². The van der Waals surface area contributed by atoms with Crippen LogP contribution >= 0.6 is 0 Å². The Balaban J connectivity index is 3.06. The Labute approximate surface area is 77.9 Å². The summed E-state index contributed by atoms with van der Waals surface area (Å²) in [5.74, 6) is -0.603. The highest BCUT2D eigenvalue weighted by atomic mass is 16.6. The van der Waals surface area contributed by atoms with Gasteiger partial charge in [-0.25, -0.2) is 4.79 Å². The van der Waals surface area contributed by atoms with Crippen molar-refractivity contribution in [3.05, 3.63) is 28.3 Å². The fraction of sp³-hybridized carbons (Fsp3) is 0. The molecule has 7 heteroatoms. The number of ether oxygens (including phenoxy) is 1. The largest absolute Gasteiger partial charge is 0.502 e. The van der Waals surface area contributed by atoms with Crippen LogP contribution in [0, 0.1) is 10.1 Å². The smallest absolute Gasteiger partial charge is 0.409 e. The average molecular weight is 198 g/mol. The zero-order valence-corrected chi connectivity index (χ0v) is 6.84. The summed E-state index contributed by atoms with van der Waals surface area (Å²) in [5.41, 5.74) is 4.14. The molecule has 14 heavy (non-hydrogen) atoms. The molecule has 0 aromatic heterocycles. The van der Waals surface area contributed by atoms with E-state index in [0.29, 0.717) is 0 Å². The van der Waals surface area contributed by atoms with E-state index in [1.54, 1.807) is 0 Å². The summed E-state index contributed by atoms with van der Waals surface area (Å²) in [5, 5.41) is 19.4. The molecule has 0 heterocycles. The average Bonchev–Trinajstić information content (AvgIpc) is 2.07. The fourth-order valence-electron chi connectivity index (χ4n) is 0.829. The molecule has 0 spiro atoms. The molecule has 7 nitrogen and oxygen atoms in total. The summed E-state index contributed by atoms with van der Waals surface area (Å²) in [6, 6.07) is 3.13. The summed E-state index contributed by atoms with van der Waals surface area (Å²) in [4.78, 5) is 19.8. The first kappa shape index (κ1) is 9.78. The van der Waals surface area contributed by atoms with Crippen LogP contribution in [0.5, 0.6) is 11.5 Å². The predicted molar refractivity (Wildman–Crippen MR) is 45.0 cm³/mol. The minimum absolute atomic E-state index is 0.0954. The standard InChI is InChI=1S/C7H6N2O5/c8-7(11)14-4-1-2-6(10)5(3-4)9(12)13/h1-3,10H,(H2,8,11). The van der Waals surface area contributed by atoms with E-state index in [0.717, 1.165) is 12.1 Å². The number of amides is 1. The summed E-state index contributed by atoms with van der Waals surface area (Å²) < 4.78 is 4.38. The maximum Gasteiger partial charge on any atom is 0.409 e. The number of phenols is 1. The van der Waals surface area contributed by atoms with E-state index in [1.165, 1.54) is 6.07 Å². The first-order valence-electron chi connectivity index (χ1n) is 3.45. The number of phenolic OH excluding ortho intramolecular Hbond substituents is 1. The van der Waals surface area contributed by atoms with Gasteiger partial charge >= 0.3 is 11.8 Å². The first-order chi connectivity index (χ1) is 6.50. The van der Waals surface area contributed by atoms with Crippen LogP contribution in [-0.2, 0) is 0 Å². The van der Waals surface area contributed by atoms with Gasteiger partial charge in [0.15, 0.2) is 5.75 Å². The summed E-state index contributed by atoms with van der Waals surface area (Å²) in [6.45, 7) is 0. The molecule has 3 N–H and O–H groups in total. The third-order valence-corrected chi connectivity index (χ3v) is 1.36. The monoisotopic (exact) mass is 198 g/mol. The Hall–Kier alpha value is -2.31. The van der Waals surface area contributed by atoms with E-state index >= 15 is 0 Å². The van der Waals surface area contributed by atoms with Crippen LogP contribution in [0.15, 0.2) is 18.2 Å². The lowest BCUT2D eigenvalue weighted by Gasteiger charge is -2.00. The lowest BCUT2D eigenvalue weighted by molar-refractivity contribution is -0.385. The first-order valence-corrected chi connectivity index (χ1v) is 3.45. The maximum absolute atomic E-state index is 10.3. The maximum atomic E-state index is 10.3. The lowest BCUT2D eigenvalue weighted by Crippen LogP contribution is -2.16. The van der Waals surface area contributed by atoms with Crippen molar-refractivity contribution in [2.24, 2.45) is 5.73 Å².